The molecule has 2 aliphatic rings. The normalized spacial score (nSPS) is 21.6. The number of aliphatic hydroxyl groups excluding tert-OH is 2. The molecule has 0 bridgehead atoms. The minimum Gasteiger partial charge on any atom is -0.493 e. The van der Waals surface area contributed by atoms with Crippen molar-refractivity contribution in [3.8, 4) is 11.5 Å². The van der Waals surface area contributed by atoms with Gasteiger partial charge in [0.25, 0.3) is 0 Å². The molecule has 2 aromatic carbocycles. The Hall–Kier alpha value is -3.69. The summed E-state index contributed by atoms with van der Waals surface area (Å²) in [5.41, 5.74) is 2.06. The van der Waals surface area contributed by atoms with Crippen molar-refractivity contribution in [2.75, 3.05) is 20.3 Å². The third-order valence-electron chi connectivity index (χ3n) is 6.87. The van der Waals surface area contributed by atoms with E-state index in [0.717, 1.165) is 5.56 Å². The monoisotopic (exact) mass is 522 g/mol. The summed E-state index contributed by atoms with van der Waals surface area (Å²) >= 11 is 0. The number of methoxy groups -OCH3 is 1. The van der Waals surface area contributed by atoms with Gasteiger partial charge in [0.1, 0.15) is 18.5 Å². The molecule has 0 saturated heterocycles. The smallest absolute Gasteiger partial charge is 0.247 e. The van der Waals surface area contributed by atoms with E-state index in [-0.39, 0.29) is 43.5 Å². The van der Waals surface area contributed by atoms with Crippen LogP contribution in [0.15, 0.2) is 54.1 Å². The predicted octanol–water partition coefficient (Wildman–Crippen LogP) is 2.21. The second-order valence-electron chi connectivity index (χ2n) is 10.0. The lowest BCUT2D eigenvalue weighted by molar-refractivity contribution is -0.138. The average Bonchev–Trinajstić information content (AvgIpc) is 3.30. The summed E-state index contributed by atoms with van der Waals surface area (Å²) in [4.78, 5) is 40.1. The lowest BCUT2D eigenvalue weighted by Crippen LogP contribution is -2.55. The zero-order valence-corrected chi connectivity index (χ0v) is 21.8. The summed E-state index contributed by atoms with van der Waals surface area (Å²) in [5, 5.41) is 23.6. The number of hydrogen-bond acceptors (Lipinski definition) is 7. The maximum atomic E-state index is 13.5. The van der Waals surface area contributed by atoms with Crippen molar-refractivity contribution < 1.29 is 34.1 Å². The van der Waals surface area contributed by atoms with E-state index < -0.39 is 30.1 Å². The van der Waals surface area contributed by atoms with E-state index in [1.54, 1.807) is 17.0 Å². The van der Waals surface area contributed by atoms with Gasteiger partial charge in [-0.05, 0) is 29.7 Å². The maximum absolute atomic E-state index is 13.5. The van der Waals surface area contributed by atoms with Crippen LogP contribution in [-0.2, 0) is 16.1 Å². The number of fused-ring (bicyclic) bond motifs is 3. The van der Waals surface area contributed by atoms with Gasteiger partial charge in [0.2, 0.25) is 11.8 Å². The molecule has 2 amide bonds. The van der Waals surface area contributed by atoms with Crippen LogP contribution in [-0.4, -0.2) is 71.7 Å². The third-order valence-corrected chi connectivity index (χ3v) is 6.87. The quantitative estimate of drug-likeness (QED) is 0.409. The van der Waals surface area contributed by atoms with E-state index in [0.29, 0.717) is 28.9 Å². The second kappa shape index (κ2) is 11.8. The van der Waals surface area contributed by atoms with Crippen LogP contribution in [0.1, 0.15) is 47.7 Å². The number of hydrogen-bond donors (Lipinski definition) is 3. The van der Waals surface area contributed by atoms with E-state index in [1.807, 2.05) is 44.2 Å². The molecule has 0 fully saturated rings. The molecule has 9 nitrogen and oxygen atoms in total. The third kappa shape index (κ3) is 5.44. The van der Waals surface area contributed by atoms with Crippen LogP contribution in [0.3, 0.4) is 0 Å². The Morgan fingerprint density at radius 3 is 2.58 bits per heavy atom. The van der Waals surface area contributed by atoms with Gasteiger partial charge in [-0.2, -0.15) is 0 Å². The molecule has 1 aliphatic carbocycles. The largest absolute Gasteiger partial charge is 0.493 e. The number of rotatable bonds is 10. The standard InChI is InChI=1S/C29H34N2O7/c1-17(2)11-24(34)31(15-18-7-5-4-6-8-18)22-14-21(29(36)30-9-10-32)25-20-12-19(16-33)13-23(37-3)27(20)38-28(25)26(22)35/h4-8,12-14,16-17,22,25-26,28,32,35H,9-11,15H2,1-3H3,(H,30,36). The Morgan fingerprint density at radius 1 is 1.21 bits per heavy atom. The van der Waals surface area contributed by atoms with Crippen LogP contribution in [0.4, 0.5) is 0 Å². The van der Waals surface area contributed by atoms with Crippen LogP contribution >= 0.6 is 0 Å². The molecule has 1 aliphatic heterocycles. The Bertz CT molecular complexity index is 1210. The maximum Gasteiger partial charge on any atom is 0.247 e. The minimum absolute atomic E-state index is 0.0339. The first-order valence-electron chi connectivity index (χ1n) is 12.7. The van der Waals surface area contributed by atoms with Crippen LogP contribution in [0.25, 0.3) is 0 Å². The minimum atomic E-state index is -1.17. The molecule has 0 aromatic heterocycles. The zero-order valence-electron chi connectivity index (χ0n) is 21.8. The summed E-state index contributed by atoms with van der Waals surface area (Å²) in [5.74, 6) is -0.569. The Morgan fingerprint density at radius 2 is 1.95 bits per heavy atom. The number of benzene rings is 2. The lowest BCUT2D eigenvalue weighted by Gasteiger charge is -2.41. The van der Waals surface area contributed by atoms with E-state index in [2.05, 4.69) is 5.32 Å². The molecular weight excluding hydrogens is 488 g/mol. The van der Waals surface area contributed by atoms with Gasteiger partial charge >= 0.3 is 0 Å². The van der Waals surface area contributed by atoms with Crippen LogP contribution in [0.5, 0.6) is 11.5 Å². The number of aldehydes is 1. The van der Waals surface area contributed by atoms with Gasteiger partial charge in [-0.15, -0.1) is 0 Å². The Labute approximate surface area is 222 Å². The topological polar surface area (TPSA) is 125 Å². The first-order chi connectivity index (χ1) is 18.3. The molecule has 0 spiro atoms. The van der Waals surface area contributed by atoms with Crippen molar-refractivity contribution in [1.29, 1.82) is 0 Å². The van der Waals surface area contributed by atoms with Crippen LogP contribution in [0.2, 0.25) is 0 Å². The Kier molecular flexibility index (Phi) is 8.48. The molecule has 0 radical (unpaired) electrons. The number of aliphatic hydroxyl groups is 2. The highest BCUT2D eigenvalue weighted by Gasteiger charge is 2.51. The predicted molar refractivity (Wildman–Crippen MR) is 140 cm³/mol. The van der Waals surface area contributed by atoms with Crippen molar-refractivity contribution in [3.63, 3.8) is 0 Å². The molecule has 4 unspecified atom stereocenters. The summed E-state index contributed by atoms with van der Waals surface area (Å²) in [6.07, 6.45) is 0.487. The molecule has 0 saturated carbocycles. The van der Waals surface area contributed by atoms with Crippen LogP contribution < -0.4 is 14.8 Å². The van der Waals surface area contributed by atoms with Crippen molar-refractivity contribution in [2.45, 2.75) is 51.0 Å². The van der Waals surface area contributed by atoms with Crippen LogP contribution in [0, 0.1) is 5.92 Å². The molecule has 3 N–H and O–H groups in total. The highest BCUT2D eigenvalue weighted by molar-refractivity contribution is 5.96. The number of nitrogens with zero attached hydrogens (tertiary/aromatic N) is 1. The number of amides is 2. The first-order valence-corrected chi connectivity index (χ1v) is 12.7. The van der Waals surface area contributed by atoms with Gasteiger partial charge in [0.05, 0.1) is 25.7 Å². The number of carbonyl (C=O) groups is 3. The van der Waals surface area contributed by atoms with Crippen molar-refractivity contribution in [1.82, 2.24) is 10.2 Å². The molecule has 9 heteroatoms. The highest BCUT2D eigenvalue weighted by Crippen LogP contribution is 2.51. The first kappa shape index (κ1) is 27.3. The molecule has 4 rings (SSSR count). The molecule has 4 atom stereocenters. The van der Waals surface area contributed by atoms with Crippen molar-refractivity contribution in [2.24, 2.45) is 5.92 Å². The average molecular weight is 523 g/mol. The second-order valence-corrected chi connectivity index (χ2v) is 10.0. The van der Waals surface area contributed by atoms with E-state index in [1.165, 1.54) is 13.2 Å². The lowest BCUT2D eigenvalue weighted by atomic mass is 9.77. The van der Waals surface area contributed by atoms with Gasteiger partial charge in [-0.25, -0.2) is 0 Å². The van der Waals surface area contributed by atoms with E-state index in [9.17, 15) is 24.6 Å². The number of carbonyl (C=O) groups excluding carboxylic acids is 3. The fraction of sp³-hybridized carbons (Fsp3) is 0.414. The summed E-state index contributed by atoms with van der Waals surface area (Å²) in [6.45, 7) is 3.92. The summed E-state index contributed by atoms with van der Waals surface area (Å²) in [7, 11) is 1.45. The fourth-order valence-electron chi connectivity index (χ4n) is 5.17. The SMILES string of the molecule is COc1cc(C=O)cc2c1OC1C2C(C(=O)NCCO)=CC(N(Cc2ccccc2)C(=O)CC(C)C)C1O. The van der Waals surface area contributed by atoms with Crippen molar-refractivity contribution in [3.05, 3.63) is 70.8 Å². The zero-order chi connectivity index (χ0) is 27.4. The van der Waals surface area contributed by atoms with Gasteiger partial charge in [-0.1, -0.05) is 44.2 Å². The Balaban J connectivity index is 1.82. The van der Waals surface area contributed by atoms with Gasteiger partial charge < -0.3 is 29.9 Å². The number of ether oxygens (including phenoxy) is 2. The summed E-state index contributed by atoms with van der Waals surface area (Å²) in [6, 6.07) is 11.8. The highest BCUT2D eigenvalue weighted by atomic mass is 16.5. The van der Waals surface area contributed by atoms with E-state index in [4.69, 9.17) is 9.47 Å². The summed E-state index contributed by atoms with van der Waals surface area (Å²) < 4.78 is 11.7. The van der Waals surface area contributed by atoms with Gasteiger partial charge in [0.15, 0.2) is 11.5 Å². The van der Waals surface area contributed by atoms with Gasteiger partial charge in [-0.3, -0.25) is 14.4 Å². The molecule has 2 aromatic rings. The number of nitrogens with one attached hydrogen (secondary N) is 1. The van der Waals surface area contributed by atoms with Crippen molar-refractivity contribution >= 4 is 18.1 Å². The molecule has 38 heavy (non-hydrogen) atoms. The fourth-order valence-corrected chi connectivity index (χ4v) is 5.17. The molecular formula is C29H34N2O7. The van der Waals surface area contributed by atoms with E-state index >= 15 is 0 Å². The van der Waals surface area contributed by atoms with Gasteiger partial charge in [0, 0.05) is 36.2 Å². The molecule has 1 heterocycles. The molecule has 202 valence electrons.